The van der Waals surface area contributed by atoms with Gasteiger partial charge in [-0.05, 0) is 30.3 Å². The van der Waals surface area contributed by atoms with Gasteiger partial charge < -0.3 is 18.9 Å². The minimum atomic E-state index is -0.995. The van der Waals surface area contributed by atoms with Crippen molar-refractivity contribution in [3.8, 4) is 11.3 Å². The summed E-state index contributed by atoms with van der Waals surface area (Å²) in [5.41, 5.74) is 3.64. The number of rotatable bonds is 6. The molecule has 5 rings (SSSR count). The number of oxazole rings is 1. The molecule has 0 unspecified atom stereocenters. The van der Waals surface area contributed by atoms with Crippen molar-refractivity contribution in [2.45, 2.75) is 26.3 Å². The zero-order chi connectivity index (χ0) is 24.7. The van der Waals surface area contributed by atoms with Crippen molar-refractivity contribution in [3.05, 3.63) is 63.3 Å². The lowest BCUT2D eigenvalue weighted by Crippen LogP contribution is -2.46. The molecule has 0 spiro atoms. The van der Waals surface area contributed by atoms with E-state index in [1.165, 1.54) is 12.1 Å². The van der Waals surface area contributed by atoms with Gasteiger partial charge in [0.15, 0.2) is 5.58 Å². The van der Waals surface area contributed by atoms with Crippen molar-refractivity contribution in [2.75, 3.05) is 31.1 Å². The highest BCUT2D eigenvalue weighted by molar-refractivity contribution is 6.39. The molecule has 1 aliphatic heterocycles. The number of carboxylic acid groups (broad SMARTS) is 1. The van der Waals surface area contributed by atoms with Crippen LogP contribution < -0.4 is 4.90 Å². The summed E-state index contributed by atoms with van der Waals surface area (Å²) in [7, 11) is 0. The summed E-state index contributed by atoms with van der Waals surface area (Å²) in [5, 5.41) is 14.6. The lowest BCUT2D eigenvalue weighted by Gasteiger charge is -2.33. The van der Waals surface area contributed by atoms with Gasteiger partial charge in [0, 0.05) is 49.8 Å². The van der Waals surface area contributed by atoms with Gasteiger partial charge in [-0.1, -0.05) is 48.3 Å². The average molecular weight is 515 g/mol. The summed E-state index contributed by atoms with van der Waals surface area (Å²) in [4.78, 5) is 20.2. The minimum Gasteiger partial charge on any atom is -0.478 e. The van der Waals surface area contributed by atoms with Crippen molar-refractivity contribution in [1.82, 2.24) is 15.0 Å². The van der Waals surface area contributed by atoms with Gasteiger partial charge in [0.2, 0.25) is 0 Å². The SMILES string of the molecule is CC(C)c1onc(-c2c(Cl)cccc2Cl)c1CN1CCN(c2nc3ccc(C(=O)O)cc3o2)CC1. The smallest absolute Gasteiger partial charge is 0.335 e. The maximum absolute atomic E-state index is 11.2. The summed E-state index contributed by atoms with van der Waals surface area (Å²) in [6, 6.07) is 10.6. The molecule has 0 amide bonds. The number of aromatic carboxylic acids is 1. The fraction of sp³-hybridized carbons (Fsp3) is 0.320. The Bertz CT molecular complexity index is 1370. The van der Waals surface area contributed by atoms with Crippen LogP contribution in [-0.4, -0.2) is 52.3 Å². The number of aromatic nitrogens is 2. The Morgan fingerprint density at radius 2 is 1.83 bits per heavy atom. The number of hydrogen-bond acceptors (Lipinski definition) is 7. The van der Waals surface area contributed by atoms with Crippen LogP contribution >= 0.6 is 23.2 Å². The largest absolute Gasteiger partial charge is 0.478 e. The molecule has 0 saturated carbocycles. The van der Waals surface area contributed by atoms with Crippen LogP contribution in [0.25, 0.3) is 22.4 Å². The highest BCUT2D eigenvalue weighted by Crippen LogP contribution is 2.39. The van der Waals surface area contributed by atoms with E-state index < -0.39 is 5.97 Å². The monoisotopic (exact) mass is 514 g/mol. The van der Waals surface area contributed by atoms with E-state index in [1.54, 1.807) is 18.2 Å². The van der Waals surface area contributed by atoms with Crippen LogP contribution in [0.1, 0.15) is 41.4 Å². The third-order valence-electron chi connectivity index (χ3n) is 6.19. The standard InChI is InChI=1S/C25H24Cl2N4O4/c1-14(2)23-16(22(29-35-23)21-17(26)4-3-5-18(21)27)13-30-8-10-31(11-9-30)25-28-19-7-6-15(24(32)33)12-20(19)34-25/h3-7,12,14H,8-11,13H2,1-2H3,(H,32,33). The third kappa shape index (κ3) is 4.61. The first-order valence-electron chi connectivity index (χ1n) is 11.4. The maximum atomic E-state index is 11.2. The predicted molar refractivity (Wildman–Crippen MR) is 135 cm³/mol. The van der Waals surface area contributed by atoms with Crippen LogP contribution in [0.3, 0.4) is 0 Å². The number of carbonyl (C=O) groups is 1. The van der Waals surface area contributed by atoms with Gasteiger partial charge in [0.05, 0.1) is 15.6 Å². The normalized spacial score (nSPS) is 14.8. The Morgan fingerprint density at radius 1 is 1.11 bits per heavy atom. The molecule has 182 valence electrons. The number of anilines is 1. The molecule has 3 heterocycles. The molecular weight excluding hydrogens is 491 g/mol. The Morgan fingerprint density at radius 3 is 2.49 bits per heavy atom. The second-order valence-corrected chi connectivity index (χ2v) is 9.69. The van der Waals surface area contributed by atoms with Crippen molar-refractivity contribution in [2.24, 2.45) is 0 Å². The van der Waals surface area contributed by atoms with Gasteiger partial charge in [-0.15, -0.1) is 0 Å². The van der Waals surface area contributed by atoms with Gasteiger partial charge >= 0.3 is 5.97 Å². The molecule has 4 aromatic rings. The third-order valence-corrected chi connectivity index (χ3v) is 6.82. The molecule has 1 aliphatic rings. The number of hydrogen-bond donors (Lipinski definition) is 1. The van der Waals surface area contributed by atoms with Crippen molar-refractivity contribution in [1.29, 1.82) is 0 Å². The molecule has 0 aliphatic carbocycles. The van der Waals surface area contributed by atoms with E-state index in [9.17, 15) is 9.90 Å². The number of carboxylic acids is 1. The predicted octanol–water partition coefficient (Wildman–Crippen LogP) is 5.93. The fourth-order valence-electron chi connectivity index (χ4n) is 4.35. The van der Waals surface area contributed by atoms with Crippen LogP contribution in [0.2, 0.25) is 10.0 Å². The second-order valence-electron chi connectivity index (χ2n) is 8.87. The molecule has 2 aromatic carbocycles. The summed E-state index contributed by atoms with van der Waals surface area (Å²) in [6.45, 7) is 7.77. The van der Waals surface area contributed by atoms with E-state index in [4.69, 9.17) is 32.1 Å². The van der Waals surface area contributed by atoms with E-state index in [0.29, 0.717) is 58.1 Å². The number of nitrogens with zero attached hydrogens (tertiary/aromatic N) is 4. The van der Waals surface area contributed by atoms with Crippen LogP contribution in [0.15, 0.2) is 45.3 Å². The van der Waals surface area contributed by atoms with Gasteiger partial charge in [-0.3, -0.25) is 4.90 Å². The number of benzene rings is 2. The molecule has 1 fully saturated rings. The Hall–Kier alpha value is -3.07. The molecule has 35 heavy (non-hydrogen) atoms. The number of halogens is 2. The summed E-state index contributed by atoms with van der Waals surface area (Å²) in [5.74, 6) is -0.0127. The van der Waals surface area contributed by atoms with Crippen LogP contribution in [0.4, 0.5) is 6.01 Å². The first-order chi connectivity index (χ1) is 16.8. The molecule has 8 nitrogen and oxygen atoms in total. The molecule has 0 atom stereocenters. The molecule has 2 aromatic heterocycles. The van der Waals surface area contributed by atoms with Gasteiger partial charge in [0.1, 0.15) is 17.0 Å². The van der Waals surface area contributed by atoms with Gasteiger partial charge in [-0.2, -0.15) is 4.98 Å². The molecule has 0 bridgehead atoms. The van der Waals surface area contributed by atoms with Crippen molar-refractivity contribution < 1.29 is 18.8 Å². The lowest BCUT2D eigenvalue weighted by atomic mass is 10.00. The van der Waals surface area contributed by atoms with Gasteiger partial charge in [0.25, 0.3) is 6.01 Å². The highest BCUT2D eigenvalue weighted by Gasteiger charge is 2.27. The lowest BCUT2D eigenvalue weighted by molar-refractivity contribution is 0.0697. The fourth-order valence-corrected chi connectivity index (χ4v) is 4.93. The van der Waals surface area contributed by atoms with E-state index in [2.05, 4.69) is 33.8 Å². The minimum absolute atomic E-state index is 0.157. The first-order valence-corrected chi connectivity index (χ1v) is 12.1. The van der Waals surface area contributed by atoms with Crippen molar-refractivity contribution in [3.63, 3.8) is 0 Å². The average Bonchev–Trinajstić information content (AvgIpc) is 3.43. The summed E-state index contributed by atoms with van der Waals surface area (Å²) >= 11 is 13.0. The molecule has 0 radical (unpaired) electrons. The van der Waals surface area contributed by atoms with Gasteiger partial charge in [-0.25, -0.2) is 4.79 Å². The summed E-state index contributed by atoms with van der Waals surface area (Å²) in [6.07, 6.45) is 0. The van der Waals surface area contributed by atoms with Crippen LogP contribution in [0.5, 0.6) is 0 Å². The second kappa shape index (κ2) is 9.53. The first kappa shape index (κ1) is 23.7. The van der Waals surface area contributed by atoms with E-state index in [0.717, 1.165) is 24.4 Å². The van der Waals surface area contributed by atoms with Crippen molar-refractivity contribution >= 4 is 46.3 Å². The number of piperazine rings is 1. The number of fused-ring (bicyclic) bond motifs is 1. The topological polar surface area (TPSA) is 95.8 Å². The highest BCUT2D eigenvalue weighted by atomic mass is 35.5. The molecular formula is C25H24Cl2N4O4. The maximum Gasteiger partial charge on any atom is 0.335 e. The summed E-state index contributed by atoms with van der Waals surface area (Å²) < 4.78 is 11.6. The molecule has 1 N–H and O–H groups in total. The van der Waals surface area contributed by atoms with Crippen LogP contribution in [-0.2, 0) is 6.54 Å². The van der Waals surface area contributed by atoms with E-state index in [-0.39, 0.29) is 11.5 Å². The Labute approximate surface area is 212 Å². The van der Waals surface area contributed by atoms with E-state index >= 15 is 0 Å². The molecule has 1 saturated heterocycles. The zero-order valence-electron chi connectivity index (χ0n) is 19.3. The Kier molecular flexibility index (Phi) is 6.44. The quantitative estimate of drug-likeness (QED) is 0.338. The zero-order valence-corrected chi connectivity index (χ0v) is 20.8. The molecule has 10 heteroatoms. The Balaban J connectivity index is 1.34. The van der Waals surface area contributed by atoms with Crippen LogP contribution in [0, 0.1) is 0 Å². The van der Waals surface area contributed by atoms with E-state index in [1.807, 2.05) is 6.07 Å².